The minimum atomic E-state index is -0.598. The van der Waals surface area contributed by atoms with Gasteiger partial charge in [-0.1, -0.05) is 6.08 Å². The lowest BCUT2D eigenvalue weighted by molar-refractivity contribution is -0.122. The third-order valence-corrected chi connectivity index (χ3v) is 1.15. The molecule has 0 aromatic heterocycles. The largest absolute Gasteiger partial charge is 0.392 e. The Hall–Kier alpha value is -0.870. The van der Waals surface area contributed by atoms with Crippen molar-refractivity contribution in [2.45, 2.75) is 20.1 Å². The summed E-state index contributed by atoms with van der Waals surface area (Å²) in [6.07, 6.45) is 2.40. The predicted octanol–water partition coefficient (Wildman–Crippen LogP) is 0.0336. The highest BCUT2D eigenvalue weighted by molar-refractivity contribution is 5.87. The van der Waals surface area contributed by atoms with Gasteiger partial charge in [-0.2, -0.15) is 0 Å². The molecule has 0 saturated heterocycles. The molecule has 0 saturated carbocycles. The molecular formula is C8H15NO3. The average Bonchev–Trinajstić information content (AvgIpc) is 2.04. The van der Waals surface area contributed by atoms with E-state index in [1.54, 1.807) is 19.9 Å². The second-order valence-electron chi connectivity index (χ2n) is 2.14. The van der Waals surface area contributed by atoms with Gasteiger partial charge in [0.25, 0.3) is 0 Å². The van der Waals surface area contributed by atoms with E-state index in [1.165, 1.54) is 6.08 Å². The van der Waals surface area contributed by atoms with Crippen LogP contribution in [0.4, 0.5) is 0 Å². The maximum atomic E-state index is 10.9. The second-order valence-corrected chi connectivity index (χ2v) is 2.14. The molecule has 12 heavy (non-hydrogen) atoms. The maximum Gasteiger partial charge on any atom is 0.245 e. The number of ether oxygens (including phenoxy) is 1. The summed E-state index contributed by atoms with van der Waals surface area (Å²) >= 11 is 0. The zero-order valence-corrected chi connectivity index (χ0v) is 7.41. The standard InChI is InChI=1S/C8H15NO3/c1-3-5-7(11)9-8(6-10)12-4-2/h3,5,8,10H,4,6H2,1-2H3,(H,9,11). The molecule has 4 nitrogen and oxygen atoms in total. The van der Waals surface area contributed by atoms with Crippen molar-refractivity contribution in [1.29, 1.82) is 0 Å². The van der Waals surface area contributed by atoms with Crippen LogP contribution < -0.4 is 5.32 Å². The normalized spacial score (nSPS) is 13.2. The third kappa shape index (κ3) is 4.87. The van der Waals surface area contributed by atoms with Crippen molar-refractivity contribution >= 4 is 5.91 Å². The molecule has 0 bridgehead atoms. The second kappa shape index (κ2) is 6.82. The number of amides is 1. The van der Waals surface area contributed by atoms with E-state index in [-0.39, 0.29) is 12.5 Å². The molecule has 0 radical (unpaired) electrons. The van der Waals surface area contributed by atoms with Crippen LogP contribution in [-0.2, 0) is 9.53 Å². The first-order chi connectivity index (χ1) is 5.74. The van der Waals surface area contributed by atoms with Gasteiger partial charge in [0.05, 0.1) is 6.61 Å². The molecule has 4 heteroatoms. The van der Waals surface area contributed by atoms with E-state index in [0.29, 0.717) is 6.61 Å². The molecule has 70 valence electrons. The van der Waals surface area contributed by atoms with E-state index in [9.17, 15) is 4.79 Å². The van der Waals surface area contributed by atoms with Gasteiger partial charge >= 0.3 is 0 Å². The SMILES string of the molecule is CC=CC(=O)NC(CO)OCC. The van der Waals surface area contributed by atoms with E-state index in [1.807, 2.05) is 0 Å². The molecule has 0 fully saturated rings. The Morgan fingerprint density at radius 1 is 1.75 bits per heavy atom. The fraction of sp³-hybridized carbons (Fsp3) is 0.625. The Kier molecular flexibility index (Phi) is 6.32. The fourth-order valence-electron chi connectivity index (χ4n) is 0.699. The number of hydrogen-bond donors (Lipinski definition) is 2. The highest BCUT2D eigenvalue weighted by Gasteiger charge is 2.07. The first-order valence-electron chi connectivity index (χ1n) is 3.90. The third-order valence-electron chi connectivity index (χ3n) is 1.15. The van der Waals surface area contributed by atoms with Crippen molar-refractivity contribution < 1.29 is 14.6 Å². The lowest BCUT2D eigenvalue weighted by Gasteiger charge is -2.14. The van der Waals surface area contributed by atoms with Gasteiger partial charge in [-0.25, -0.2) is 0 Å². The summed E-state index contributed by atoms with van der Waals surface area (Å²) in [4.78, 5) is 10.9. The number of aliphatic hydroxyl groups is 1. The number of aliphatic hydroxyl groups excluding tert-OH is 1. The summed E-state index contributed by atoms with van der Waals surface area (Å²) < 4.78 is 4.99. The highest BCUT2D eigenvalue weighted by atomic mass is 16.5. The van der Waals surface area contributed by atoms with Gasteiger partial charge in [0.15, 0.2) is 6.23 Å². The van der Waals surface area contributed by atoms with Crippen molar-refractivity contribution in [3.63, 3.8) is 0 Å². The van der Waals surface area contributed by atoms with Crippen molar-refractivity contribution in [2.24, 2.45) is 0 Å². The van der Waals surface area contributed by atoms with Crippen LogP contribution in [-0.4, -0.2) is 30.5 Å². The van der Waals surface area contributed by atoms with Gasteiger partial charge in [0, 0.05) is 6.61 Å². The van der Waals surface area contributed by atoms with E-state index in [4.69, 9.17) is 9.84 Å². The summed E-state index contributed by atoms with van der Waals surface area (Å²) in [6.45, 7) is 3.79. The Labute approximate surface area is 72.2 Å². The van der Waals surface area contributed by atoms with Gasteiger partial charge in [-0.3, -0.25) is 4.79 Å². The number of carbonyl (C=O) groups excluding carboxylic acids is 1. The molecule has 1 unspecified atom stereocenters. The molecule has 0 aliphatic rings. The molecule has 0 rings (SSSR count). The lowest BCUT2D eigenvalue weighted by Crippen LogP contribution is -2.38. The molecular weight excluding hydrogens is 158 g/mol. The number of carbonyl (C=O) groups is 1. The highest BCUT2D eigenvalue weighted by Crippen LogP contribution is 1.86. The van der Waals surface area contributed by atoms with Crippen LogP contribution in [0.1, 0.15) is 13.8 Å². The van der Waals surface area contributed by atoms with E-state index in [0.717, 1.165) is 0 Å². The topological polar surface area (TPSA) is 58.6 Å². The Bertz CT molecular complexity index is 156. The zero-order valence-electron chi connectivity index (χ0n) is 7.41. The molecule has 0 aromatic rings. The molecule has 0 heterocycles. The van der Waals surface area contributed by atoms with Crippen molar-refractivity contribution in [3.8, 4) is 0 Å². The van der Waals surface area contributed by atoms with Crippen LogP contribution in [0.15, 0.2) is 12.2 Å². The zero-order chi connectivity index (χ0) is 9.40. The quantitative estimate of drug-likeness (QED) is 0.455. The van der Waals surface area contributed by atoms with Crippen LogP contribution >= 0.6 is 0 Å². The van der Waals surface area contributed by atoms with Crippen LogP contribution in [0, 0.1) is 0 Å². The van der Waals surface area contributed by atoms with E-state index >= 15 is 0 Å². The van der Waals surface area contributed by atoms with Crippen molar-refractivity contribution in [3.05, 3.63) is 12.2 Å². The molecule has 0 aromatic carbocycles. The Morgan fingerprint density at radius 3 is 2.83 bits per heavy atom. The monoisotopic (exact) mass is 173 g/mol. The van der Waals surface area contributed by atoms with Gasteiger partial charge in [-0.15, -0.1) is 0 Å². The summed E-state index contributed by atoms with van der Waals surface area (Å²) in [5.41, 5.74) is 0. The summed E-state index contributed by atoms with van der Waals surface area (Å²) in [5.74, 6) is -0.259. The summed E-state index contributed by atoms with van der Waals surface area (Å²) in [7, 11) is 0. The molecule has 1 amide bonds. The Balaban J connectivity index is 3.76. The molecule has 0 aliphatic heterocycles. The molecule has 1 atom stereocenters. The van der Waals surface area contributed by atoms with Gasteiger partial charge in [0.2, 0.25) is 5.91 Å². The molecule has 2 N–H and O–H groups in total. The smallest absolute Gasteiger partial charge is 0.245 e. The van der Waals surface area contributed by atoms with Gasteiger partial charge < -0.3 is 15.2 Å². The van der Waals surface area contributed by atoms with Crippen LogP contribution in [0.2, 0.25) is 0 Å². The number of rotatable bonds is 5. The number of hydrogen-bond acceptors (Lipinski definition) is 3. The average molecular weight is 173 g/mol. The molecule has 0 spiro atoms. The lowest BCUT2D eigenvalue weighted by atomic mass is 10.4. The van der Waals surface area contributed by atoms with Crippen LogP contribution in [0.5, 0.6) is 0 Å². The maximum absolute atomic E-state index is 10.9. The molecule has 0 aliphatic carbocycles. The van der Waals surface area contributed by atoms with Gasteiger partial charge in [0.1, 0.15) is 0 Å². The minimum Gasteiger partial charge on any atom is -0.392 e. The Morgan fingerprint density at radius 2 is 2.42 bits per heavy atom. The predicted molar refractivity (Wildman–Crippen MR) is 45.5 cm³/mol. The van der Waals surface area contributed by atoms with E-state index in [2.05, 4.69) is 5.32 Å². The fourth-order valence-corrected chi connectivity index (χ4v) is 0.699. The minimum absolute atomic E-state index is 0.211. The van der Waals surface area contributed by atoms with E-state index < -0.39 is 6.23 Å². The number of nitrogens with one attached hydrogen (secondary N) is 1. The first kappa shape index (κ1) is 11.1. The number of allylic oxidation sites excluding steroid dienone is 1. The summed E-state index contributed by atoms with van der Waals surface area (Å²) in [5, 5.41) is 11.2. The van der Waals surface area contributed by atoms with Gasteiger partial charge in [-0.05, 0) is 19.9 Å². The van der Waals surface area contributed by atoms with Crippen LogP contribution in [0.3, 0.4) is 0 Å². The van der Waals surface area contributed by atoms with Crippen LogP contribution in [0.25, 0.3) is 0 Å². The van der Waals surface area contributed by atoms with Crippen molar-refractivity contribution in [1.82, 2.24) is 5.32 Å². The first-order valence-corrected chi connectivity index (χ1v) is 3.90. The summed E-state index contributed by atoms with van der Waals surface area (Å²) in [6, 6.07) is 0. The van der Waals surface area contributed by atoms with Crippen molar-refractivity contribution in [2.75, 3.05) is 13.2 Å².